The summed E-state index contributed by atoms with van der Waals surface area (Å²) in [6, 6.07) is 8.03. The number of aromatic amines is 1. The average Bonchev–Trinajstić information content (AvgIpc) is 3.09. The van der Waals surface area contributed by atoms with Gasteiger partial charge in [-0.3, -0.25) is 4.90 Å². The van der Waals surface area contributed by atoms with Crippen LogP contribution in [-0.2, 0) is 11.3 Å². The number of rotatable bonds is 8. The topological polar surface area (TPSA) is 53.6 Å². The van der Waals surface area contributed by atoms with Crippen LogP contribution in [0.1, 0.15) is 30.9 Å². The van der Waals surface area contributed by atoms with Crippen LogP contribution in [0.15, 0.2) is 24.3 Å². The second-order valence-electron chi connectivity index (χ2n) is 6.31. The summed E-state index contributed by atoms with van der Waals surface area (Å²) in [5, 5.41) is 0. The number of methoxy groups -OCH3 is 1. The number of hydrogen-bond acceptors (Lipinski definition) is 5. The minimum absolute atomic E-state index is 0.562. The Balaban J connectivity index is 1.67. The smallest absolute Gasteiger partial charge is 0.152 e. The molecule has 2 aromatic rings. The number of benzene rings is 1. The molecule has 3 rings (SSSR count). The first-order valence-corrected chi connectivity index (χ1v) is 9.19. The Kier molecular flexibility index (Phi) is 6.30. The molecule has 0 spiro atoms. The Labute approximate surface area is 155 Å². The van der Waals surface area contributed by atoms with Crippen LogP contribution < -0.4 is 9.64 Å². The lowest BCUT2D eigenvalue weighted by molar-refractivity contribution is 0.146. The summed E-state index contributed by atoms with van der Waals surface area (Å²) in [6.07, 6.45) is 4.10. The number of imidazole rings is 1. The van der Waals surface area contributed by atoms with Crippen molar-refractivity contribution in [3.8, 4) is 5.75 Å². The van der Waals surface area contributed by atoms with Crippen LogP contribution in [0, 0.1) is 0 Å². The summed E-state index contributed by atoms with van der Waals surface area (Å²) in [5.41, 5.74) is 2.31. The number of aromatic nitrogens is 2. The normalized spacial score (nSPS) is 14.8. The van der Waals surface area contributed by atoms with E-state index in [1.54, 1.807) is 7.11 Å². The van der Waals surface area contributed by atoms with Crippen LogP contribution in [0.2, 0.25) is 0 Å². The molecule has 6 heteroatoms. The summed E-state index contributed by atoms with van der Waals surface area (Å²) in [7, 11) is 1.67. The Morgan fingerprint density at radius 3 is 2.62 bits per heavy atom. The Bertz CT molecular complexity index is 724. The molecule has 0 atom stereocenters. The second-order valence-corrected chi connectivity index (χ2v) is 6.31. The van der Waals surface area contributed by atoms with E-state index in [1.165, 1.54) is 5.69 Å². The van der Waals surface area contributed by atoms with Crippen molar-refractivity contribution in [3.05, 3.63) is 41.3 Å². The molecule has 0 fully saturated rings. The minimum Gasteiger partial charge on any atom is -0.491 e. The van der Waals surface area contributed by atoms with Gasteiger partial charge in [-0.25, -0.2) is 4.98 Å². The maximum atomic E-state index is 5.59. The monoisotopic (exact) mass is 356 g/mol. The number of anilines is 1. The van der Waals surface area contributed by atoms with Gasteiger partial charge in [0.1, 0.15) is 18.2 Å². The van der Waals surface area contributed by atoms with Gasteiger partial charge in [-0.2, -0.15) is 0 Å². The van der Waals surface area contributed by atoms with E-state index in [2.05, 4.69) is 34.7 Å². The molecule has 1 aromatic heterocycles. The van der Waals surface area contributed by atoms with Crippen LogP contribution in [0.4, 0.5) is 5.82 Å². The molecule has 0 amide bonds. The maximum Gasteiger partial charge on any atom is 0.152 e. The molecule has 0 saturated carbocycles. The summed E-state index contributed by atoms with van der Waals surface area (Å²) in [6.45, 7) is 9.39. The fourth-order valence-corrected chi connectivity index (χ4v) is 3.01. The molecule has 26 heavy (non-hydrogen) atoms. The van der Waals surface area contributed by atoms with Gasteiger partial charge in [0.15, 0.2) is 5.82 Å². The minimum atomic E-state index is 0.562. The van der Waals surface area contributed by atoms with Gasteiger partial charge < -0.3 is 19.4 Å². The van der Waals surface area contributed by atoms with Gasteiger partial charge in [-0.15, -0.1) is 0 Å². The zero-order chi connectivity index (χ0) is 18.4. The highest BCUT2D eigenvalue weighted by atomic mass is 16.5. The molecule has 1 aliphatic heterocycles. The number of H-pyrrole nitrogens is 1. The van der Waals surface area contributed by atoms with Gasteiger partial charge in [0.25, 0.3) is 0 Å². The van der Waals surface area contributed by atoms with Gasteiger partial charge >= 0.3 is 0 Å². The zero-order valence-corrected chi connectivity index (χ0v) is 15.9. The number of hydrogen-bond donors (Lipinski definition) is 1. The van der Waals surface area contributed by atoms with Gasteiger partial charge in [0.2, 0.25) is 0 Å². The molecule has 1 aliphatic rings. The summed E-state index contributed by atoms with van der Waals surface area (Å²) in [4.78, 5) is 12.9. The fourth-order valence-electron chi connectivity index (χ4n) is 3.01. The molecule has 0 bridgehead atoms. The highest BCUT2D eigenvalue weighted by Crippen LogP contribution is 2.25. The van der Waals surface area contributed by atoms with Gasteiger partial charge in [0.05, 0.1) is 19.0 Å². The summed E-state index contributed by atoms with van der Waals surface area (Å²) >= 11 is 0. The lowest BCUT2D eigenvalue weighted by Crippen LogP contribution is -2.42. The summed E-state index contributed by atoms with van der Waals surface area (Å²) in [5.74, 6) is 2.83. The largest absolute Gasteiger partial charge is 0.491 e. The third kappa shape index (κ3) is 4.45. The standard InChI is InChI=1S/C20H28N4O2/c1-4-23-14-18-20(24(5-2)15-23)22-19(21-18)11-8-16-6-9-17(10-7-16)26-13-12-25-3/h6-11H,4-5,12-15H2,1-3H3,(H,21,22)/b11-8+. The molecule has 0 saturated heterocycles. The molecule has 6 nitrogen and oxygen atoms in total. The molecule has 1 aromatic carbocycles. The Morgan fingerprint density at radius 1 is 1.12 bits per heavy atom. The molecular formula is C20H28N4O2. The molecule has 0 aliphatic carbocycles. The highest BCUT2D eigenvalue weighted by Gasteiger charge is 2.23. The van der Waals surface area contributed by atoms with Gasteiger partial charge in [0, 0.05) is 20.2 Å². The summed E-state index contributed by atoms with van der Waals surface area (Å²) < 4.78 is 10.6. The molecule has 0 radical (unpaired) electrons. The number of nitrogens with one attached hydrogen (secondary N) is 1. The van der Waals surface area contributed by atoms with E-state index in [1.807, 2.05) is 30.3 Å². The molecular weight excluding hydrogens is 328 g/mol. The SMILES string of the molecule is CCN1Cc2[nH]c(/C=C/c3ccc(OCCOC)cc3)nc2N(CC)C1. The number of fused-ring (bicyclic) bond motifs is 1. The highest BCUT2D eigenvalue weighted by molar-refractivity contribution is 5.68. The van der Waals surface area contributed by atoms with E-state index in [-0.39, 0.29) is 0 Å². The first kappa shape index (κ1) is 18.5. The van der Waals surface area contributed by atoms with Crippen molar-refractivity contribution >= 4 is 18.0 Å². The molecule has 0 unspecified atom stereocenters. The number of nitrogens with zero attached hydrogens (tertiary/aromatic N) is 3. The lowest BCUT2D eigenvalue weighted by Gasteiger charge is -2.34. The van der Waals surface area contributed by atoms with E-state index in [9.17, 15) is 0 Å². The Hall–Kier alpha value is -2.31. The van der Waals surface area contributed by atoms with Crippen molar-refractivity contribution in [3.63, 3.8) is 0 Å². The van der Waals surface area contributed by atoms with Crippen molar-refractivity contribution in [2.24, 2.45) is 0 Å². The van der Waals surface area contributed by atoms with E-state index in [0.29, 0.717) is 13.2 Å². The molecule has 2 heterocycles. The van der Waals surface area contributed by atoms with Crippen LogP contribution in [0.25, 0.3) is 12.2 Å². The quantitative estimate of drug-likeness (QED) is 0.736. The van der Waals surface area contributed by atoms with Crippen molar-refractivity contribution in [2.45, 2.75) is 20.4 Å². The van der Waals surface area contributed by atoms with Crippen LogP contribution in [-0.4, -0.2) is 54.9 Å². The number of ether oxygens (including phenoxy) is 2. The lowest BCUT2D eigenvalue weighted by atomic mass is 10.2. The predicted molar refractivity (Wildman–Crippen MR) is 105 cm³/mol. The van der Waals surface area contributed by atoms with Crippen molar-refractivity contribution in [1.29, 1.82) is 0 Å². The van der Waals surface area contributed by atoms with Gasteiger partial charge in [-0.05, 0) is 37.2 Å². The second kappa shape index (κ2) is 8.87. The van der Waals surface area contributed by atoms with Crippen molar-refractivity contribution in [1.82, 2.24) is 14.9 Å². The Morgan fingerprint density at radius 2 is 1.92 bits per heavy atom. The van der Waals surface area contributed by atoms with Crippen LogP contribution in [0.5, 0.6) is 5.75 Å². The first-order valence-electron chi connectivity index (χ1n) is 9.19. The maximum absolute atomic E-state index is 5.59. The average molecular weight is 356 g/mol. The third-order valence-corrected chi connectivity index (χ3v) is 4.53. The van der Waals surface area contributed by atoms with E-state index in [4.69, 9.17) is 14.5 Å². The third-order valence-electron chi connectivity index (χ3n) is 4.53. The first-order chi connectivity index (χ1) is 12.7. The molecule has 1 N–H and O–H groups in total. The van der Waals surface area contributed by atoms with Crippen LogP contribution >= 0.6 is 0 Å². The predicted octanol–water partition coefficient (Wildman–Crippen LogP) is 3.22. The van der Waals surface area contributed by atoms with Crippen molar-refractivity contribution in [2.75, 3.05) is 45.0 Å². The van der Waals surface area contributed by atoms with Crippen molar-refractivity contribution < 1.29 is 9.47 Å². The molecule has 140 valence electrons. The fraction of sp³-hybridized carbons (Fsp3) is 0.450. The van der Waals surface area contributed by atoms with E-state index < -0.39 is 0 Å². The van der Waals surface area contributed by atoms with E-state index >= 15 is 0 Å². The van der Waals surface area contributed by atoms with Crippen LogP contribution in [0.3, 0.4) is 0 Å². The van der Waals surface area contributed by atoms with E-state index in [0.717, 1.165) is 49.3 Å². The zero-order valence-electron chi connectivity index (χ0n) is 15.9. The van der Waals surface area contributed by atoms with Gasteiger partial charge in [-0.1, -0.05) is 25.1 Å².